The standard InChI is InChI=1S/2C7H5BrO/c2*8-7-4-2-1-3-6(7)5-9/h2*1-5H. The van der Waals surface area contributed by atoms with Crippen molar-refractivity contribution < 1.29 is 9.59 Å². The van der Waals surface area contributed by atoms with Gasteiger partial charge in [0.2, 0.25) is 0 Å². The summed E-state index contributed by atoms with van der Waals surface area (Å²) in [6.45, 7) is 0. The van der Waals surface area contributed by atoms with Crippen LogP contribution in [0.2, 0.25) is 0 Å². The van der Waals surface area contributed by atoms with Crippen molar-refractivity contribution in [3.05, 3.63) is 68.6 Å². The van der Waals surface area contributed by atoms with Crippen LogP contribution in [0, 0.1) is 0 Å². The van der Waals surface area contributed by atoms with E-state index >= 15 is 0 Å². The molecule has 0 heterocycles. The van der Waals surface area contributed by atoms with Crippen LogP contribution in [0.4, 0.5) is 0 Å². The third kappa shape index (κ3) is 4.55. The van der Waals surface area contributed by atoms with Crippen molar-refractivity contribution in [3.63, 3.8) is 0 Å². The fraction of sp³-hybridized carbons (Fsp3) is 0. The van der Waals surface area contributed by atoms with E-state index in [0.717, 1.165) is 21.5 Å². The molecule has 0 aliphatic rings. The highest BCUT2D eigenvalue weighted by Gasteiger charge is 1.92. The molecule has 0 fully saturated rings. The van der Waals surface area contributed by atoms with Crippen molar-refractivity contribution in [2.24, 2.45) is 0 Å². The summed E-state index contributed by atoms with van der Waals surface area (Å²) < 4.78 is 1.69. The molecule has 0 spiro atoms. The van der Waals surface area contributed by atoms with Crippen LogP contribution >= 0.6 is 31.9 Å². The third-order valence-corrected chi connectivity index (χ3v) is 3.51. The van der Waals surface area contributed by atoms with Gasteiger partial charge in [0, 0.05) is 20.1 Å². The number of carbonyl (C=O) groups excluding carboxylic acids is 2. The summed E-state index contributed by atoms with van der Waals surface area (Å²) in [5.41, 5.74) is 1.38. The zero-order chi connectivity index (χ0) is 13.4. The third-order valence-electron chi connectivity index (χ3n) is 2.06. The van der Waals surface area contributed by atoms with Gasteiger partial charge in [0.1, 0.15) is 0 Å². The molecule has 0 radical (unpaired) electrons. The van der Waals surface area contributed by atoms with Crippen molar-refractivity contribution >= 4 is 44.4 Å². The van der Waals surface area contributed by atoms with E-state index < -0.39 is 0 Å². The van der Waals surface area contributed by atoms with Crippen molar-refractivity contribution in [1.29, 1.82) is 0 Å². The van der Waals surface area contributed by atoms with Gasteiger partial charge in [0.25, 0.3) is 0 Å². The van der Waals surface area contributed by atoms with Crippen LogP contribution in [0.1, 0.15) is 20.7 Å². The predicted octanol–water partition coefficient (Wildman–Crippen LogP) is 4.52. The van der Waals surface area contributed by atoms with Crippen LogP contribution in [0.3, 0.4) is 0 Å². The zero-order valence-electron chi connectivity index (χ0n) is 9.35. The molecule has 0 aromatic heterocycles. The maximum Gasteiger partial charge on any atom is 0.151 e. The number of aldehydes is 2. The summed E-state index contributed by atoms with van der Waals surface area (Å²) in [7, 11) is 0. The number of carbonyl (C=O) groups is 2. The molecule has 0 bridgehead atoms. The quantitative estimate of drug-likeness (QED) is 0.729. The topological polar surface area (TPSA) is 34.1 Å². The van der Waals surface area contributed by atoms with E-state index in [9.17, 15) is 9.59 Å². The maximum absolute atomic E-state index is 10.2. The fourth-order valence-corrected chi connectivity index (χ4v) is 1.90. The highest BCUT2D eigenvalue weighted by atomic mass is 79.9. The molecule has 0 saturated heterocycles. The molecule has 0 amide bonds. The Kier molecular flexibility index (Phi) is 6.54. The summed E-state index contributed by atoms with van der Waals surface area (Å²) in [4.78, 5) is 20.4. The average molecular weight is 370 g/mol. The Balaban J connectivity index is 0.000000180. The maximum atomic E-state index is 10.2. The first kappa shape index (κ1) is 14.8. The highest BCUT2D eigenvalue weighted by molar-refractivity contribution is 9.10. The van der Waals surface area contributed by atoms with Gasteiger partial charge in [-0.1, -0.05) is 68.3 Å². The highest BCUT2D eigenvalue weighted by Crippen LogP contribution is 2.13. The number of halogens is 2. The van der Waals surface area contributed by atoms with Gasteiger partial charge in [-0.25, -0.2) is 0 Å². The lowest BCUT2D eigenvalue weighted by Crippen LogP contribution is -1.78. The van der Waals surface area contributed by atoms with E-state index in [2.05, 4.69) is 31.9 Å². The molecule has 4 heteroatoms. The number of hydrogen-bond donors (Lipinski definition) is 0. The molecule has 0 saturated carbocycles. The van der Waals surface area contributed by atoms with Gasteiger partial charge in [-0.15, -0.1) is 0 Å². The predicted molar refractivity (Wildman–Crippen MR) is 79.1 cm³/mol. The van der Waals surface area contributed by atoms with Gasteiger partial charge in [0.05, 0.1) is 0 Å². The molecule has 2 nitrogen and oxygen atoms in total. The molecule has 18 heavy (non-hydrogen) atoms. The molecular weight excluding hydrogens is 360 g/mol. The summed E-state index contributed by atoms with van der Waals surface area (Å²) >= 11 is 6.45. The molecule has 2 rings (SSSR count). The fourth-order valence-electron chi connectivity index (χ4n) is 1.14. The molecular formula is C14H10Br2O2. The van der Waals surface area contributed by atoms with E-state index in [1.54, 1.807) is 12.1 Å². The Morgan fingerprint density at radius 2 is 1.00 bits per heavy atom. The number of hydrogen-bond acceptors (Lipinski definition) is 2. The average Bonchev–Trinajstić information content (AvgIpc) is 2.41. The van der Waals surface area contributed by atoms with Crippen LogP contribution in [-0.2, 0) is 0 Å². The Labute approximate surface area is 122 Å². The summed E-state index contributed by atoms with van der Waals surface area (Å²) in [6.07, 6.45) is 1.65. The minimum absolute atomic E-state index is 0.692. The van der Waals surface area contributed by atoms with Crippen LogP contribution in [-0.4, -0.2) is 12.6 Å². The summed E-state index contributed by atoms with van der Waals surface area (Å²) in [5.74, 6) is 0. The minimum Gasteiger partial charge on any atom is -0.298 e. The second kappa shape index (κ2) is 7.95. The van der Waals surface area contributed by atoms with Crippen LogP contribution in [0.25, 0.3) is 0 Å². The van der Waals surface area contributed by atoms with Gasteiger partial charge in [0.15, 0.2) is 12.6 Å². The van der Waals surface area contributed by atoms with Crippen molar-refractivity contribution in [1.82, 2.24) is 0 Å². The van der Waals surface area contributed by atoms with Gasteiger partial charge in [-0.05, 0) is 12.1 Å². The second-order valence-corrected chi connectivity index (χ2v) is 4.99. The molecule has 0 atom stereocenters. The largest absolute Gasteiger partial charge is 0.298 e. The Morgan fingerprint density at radius 1 is 0.667 bits per heavy atom. The van der Waals surface area contributed by atoms with Crippen LogP contribution < -0.4 is 0 Å². The lowest BCUT2D eigenvalue weighted by molar-refractivity contribution is 0.111. The summed E-state index contributed by atoms with van der Waals surface area (Å²) in [6, 6.07) is 14.6. The van der Waals surface area contributed by atoms with E-state index in [4.69, 9.17) is 0 Å². The van der Waals surface area contributed by atoms with Gasteiger partial charge in [-0.3, -0.25) is 9.59 Å². The first-order chi connectivity index (χ1) is 8.69. The first-order valence-electron chi connectivity index (χ1n) is 5.08. The van der Waals surface area contributed by atoms with Gasteiger partial charge in [-0.2, -0.15) is 0 Å². The van der Waals surface area contributed by atoms with E-state index in [1.165, 1.54) is 0 Å². The lowest BCUT2D eigenvalue weighted by Gasteiger charge is -1.90. The van der Waals surface area contributed by atoms with E-state index in [0.29, 0.717) is 11.1 Å². The SMILES string of the molecule is O=Cc1ccccc1Br.O=Cc1ccccc1Br. The van der Waals surface area contributed by atoms with Crippen molar-refractivity contribution in [2.45, 2.75) is 0 Å². The molecule has 0 unspecified atom stereocenters. The minimum atomic E-state index is 0.692. The number of rotatable bonds is 2. The molecule has 0 aliphatic heterocycles. The van der Waals surface area contributed by atoms with E-state index in [1.807, 2.05) is 36.4 Å². The van der Waals surface area contributed by atoms with Crippen LogP contribution in [0.15, 0.2) is 57.5 Å². The smallest absolute Gasteiger partial charge is 0.151 e. The lowest BCUT2D eigenvalue weighted by atomic mass is 10.2. The molecule has 2 aromatic rings. The Hall–Kier alpha value is -1.26. The van der Waals surface area contributed by atoms with Crippen molar-refractivity contribution in [2.75, 3.05) is 0 Å². The van der Waals surface area contributed by atoms with Gasteiger partial charge >= 0.3 is 0 Å². The number of benzene rings is 2. The Bertz CT molecular complexity index is 489. The van der Waals surface area contributed by atoms with Crippen molar-refractivity contribution in [3.8, 4) is 0 Å². The van der Waals surface area contributed by atoms with Gasteiger partial charge < -0.3 is 0 Å². The summed E-state index contributed by atoms with van der Waals surface area (Å²) in [5, 5.41) is 0. The molecule has 0 aliphatic carbocycles. The zero-order valence-corrected chi connectivity index (χ0v) is 12.5. The second-order valence-electron chi connectivity index (χ2n) is 3.28. The molecule has 0 N–H and O–H groups in total. The van der Waals surface area contributed by atoms with E-state index in [-0.39, 0.29) is 0 Å². The first-order valence-corrected chi connectivity index (χ1v) is 6.67. The monoisotopic (exact) mass is 368 g/mol. The molecule has 2 aromatic carbocycles. The molecule has 92 valence electrons. The Morgan fingerprint density at radius 3 is 1.22 bits per heavy atom. The van der Waals surface area contributed by atoms with Crippen LogP contribution in [0.5, 0.6) is 0 Å². The normalized spacial score (nSPS) is 9.00.